The number of carbonyl (C=O) groups excluding carboxylic acids is 2. The molecule has 1 aromatic rings. The predicted molar refractivity (Wildman–Crippen MR) is 114 cm³/mol. The molecule has 0 aliphatic rings. The Labute approximate surface area is 177 Å². The van der Waals surface area contributed by atoms with Gasteiger partial charge in [0.2, 0.25) is 11.8 Å². The van der Waals surface area contributed by atoms with Crippen molar-refractivity contribution >= 4 is 17.8 Å². The monoisotopic (exact) mass is 422 g/mol. The second-order valence-corrected chi connectivity index (χ2v) is 7.85. The number of unbranched alkanes of at least 4 members (excludes halogenated alkanes) is 1. The number of phenolic OH excluding ortho intramolecular Hbond substituents is 1. The van der Waals surface area contributed by atoms with E-state index in [9.17, 15) is 24.6 Å². The van der Waals surface area contributed by atoms with E-state index in [0.717, 1.165) is 5.56 Å². The van der Waals surface area contributed by atoms with E-state index >= 15 is 0 Å². The number of carbonyl (C=O) groups is 3. The first-order valence-electron chi connectivity index (χ1n) is 10.2. The number of phenols is 1. The van der Waals surface area contributed by atoms with E-state index < -0.39 is 35.9 Å². The van der Waals surface area contributed by atoms with Crippen molar-refractivity contribution in [2.24, 2.45) is 17.4 Å². The summed E-state index contributed by atoms with van der Waals surface area (Å²) in [6.45, 7) is 4.18. The molecule has 0 aliphatic carbocycles. The van der Waals surface area contributed by atoms with E-state index in [1.165, 1.54) is 12.1 Å². The number of amides is 2. The van der Waals surface area contributed by atoms with Crippen LogP contribution in [0.15, 0.2) is 24.3 Å². The minimum Gasteiger partial charge on any atom is -0.508 e. The van der Waals surface area contributed by atoms with Crippen LogP contribution in [-0.4, -0.2) is 52.7 Å². The highest BCUT2D eigenvalue weighted by Gasteiger charge is 2.28. The largest absolute Gasteiger partial charge is 0.508 e. The van der Waals surface area contributed by atoms with Gasteiger partial charge < -0.3 is 32.3 Å². The number of hydrogen-bond donors (Lipinski definition) is 6. The molecular weight excluding hydrogens is 388 g/mol. The minimum atomic E-state index is -1.12. The third-order valence-corrected chi connectivity index (χ3v) is 4.63. The van der Waals surface area contributed by atoms with Crippen molar-refractivity contribution in [1.82, 2.24) is 10.6 Å². The van der Waals surface area contributed by atoms with Gasteiger partial charge in [-0.15, -0.1) is 0 Å². The number of nitrogens with two attached hydrogens (primary N) is 2. The van der Waals surface area contributed by atoms with Crippen LogP contribution in [0.5, 0.6) is 5.75 Å². The second kappa shape index (κ2) is 12.8. The van der Waals surface area contributed by atoms with Crippen molar-refractivity contribution in [1.29, 1.82) is 0 Å². The summed E-state index contributed by atoms with van der Waals surface area (Å²) in [6, 6.07) is 3.51. The lowest BCUT2D eigenvalue weighted by molar-refractivity contribution is -0.142. The number of nitrogens with one attached hydrogen (secondary N) is 2. The molecule has 0 saturated carbocycles. The number of benzene rings is 1. The van der Waals surface area contributed by atoms with Crippen LogP contribution in [0.3, 0.4) is 0 Å². The lowest BCUT2D eigenvalue weighted by Gasteiger charge is -2.23. The summed E-state index contributed by atoms with van der Waals surface area (Å²) in [6.07, 6.45) is 2.12. The highest BCUT2D eigenvalue weighted by atomic mass is 16.4. The molecule has 3 unspecified atom stereocenters. The fourth-order valence-electron chi connectivity index (χ4n) is 2.98. The average molecular weight is 423 g/mol. The summed E-state index contributed by atoms with van der Waals surface area (Å²) in [5.74, 6) is -1.98. The van der Waals surface area contributed by atoms with Crippen molar-refractivity contribution in [2.45, 2.75) is 64.1 Å². The first-order valence-corrected chi connectivity index (χ1v) is 10.2. The summed E-state index contributed by atoms with van der Waals surface area (Å²) < 4.78 is 0. The molecule has 0 radical (unpaired) electrons. The van der Waals surface area contributed by atoms with Crippen molar-refractivity contribution in [3.8, 4) is 5.75 Å². The summed E-state index contributed by atoms with van der Waals surface area (Å²) in [5.41, 5.74) is 12.3. The fourth-order valence-corrected chi connectivity index (χ4v) is 2.98. The summed E-state index contributed by atoms with van der Waals surface area (Å²) >= 11 is 0. The van der Waals surface area contributed by atoms with E-state index in [2.05, 4.69) is 10.6 Å². The van der Waals surface area contributed by atoms with E-state index in [4.69, 9.17) is 11.5 Å². The molecule has 168 valence electrons. The SMILES string of the molecule is CC(C)CC(NC(=O)C(CCCCN)NC(=O)C(N)Cc1ccc(O)cc1)C(=O)O. The molecule has 0 spiro atoms. The van der Waals surface area contributed by atoms with Gasteiger partial charge in [0.1, 0.15) is 17.8 Å². The first kappa shape index (κ1) is 25.4. The van der Waals surface area contributed by atoms with Crippen LogP contribution in [-0.2, 0) is 20.8 Å². The molecule has 3 atom stereocenters. The van der Waals surface area contributed by atoms with Crippen LogP contribution in [0, 0.1) is 5.92 Å². The molecule has 0 saturated heterocycles. The van der Waals surface area contributed by atoms with Gasteiger partial charge in [0.25, 0.3) is 0 Å². The molecule has 0 aromatic heterocycles. The van der Waals surface area contributed by atoms with Crippen LogP contribution < -0.4 is 22.1 Å². The number of aliphatic carboxylic acids is 1. The normalized spacial score (nSPS) is 14.0. The maximum atomic E-state index is 12.7. The molecule has 8 N–H and O–H groups in total. The van der Waals surface area contributed by atoms with Gasteiger partial charge in [0.15, 0.2) is 0 Å². The molecule has 9 nitrogen and oxygen atoms in total. The van der Waals surface area contributed by atoms with E-state index in [-0.39, 0.29) is 24.5 Å². The topological polar surface area (TPSA) is 168 Å². The zero-order valence-electron chi connectivity index (χ0n) is 17.6. The van der Waals surface area contributed by atoms with Crippen molar-refractivity contribution in [2.75, 3.05) is 6.54 Å². The van der Waals surface area contributed by atoms with E-state index in [0.29, 0.717) is 25.8 Å². The first-order chi connectivity index (χ1) is 14.1. The van der Waals surface area contributed by atoms with Crippen LogP contribution in [0.2, 0.25) is 0 Å². The maximum Gasteiger partial charge on any atom is 0.326 e. The maximum absolute atomic E-state index is 12.7. The van der Waals surface area contributed by atoms with Crippen LogP contribution in [0.4, 0.5) is 0 Å². The Bertz CT molecular complexity index is 693. The summed E-state index contributed by atoms with van der Waals surface area (Å²) in [7, 11) is 0. The van der Waals surface area contributed by atoms with Crippen molar-refractivity contribution in [3.63, 3.8) is 0 Å². The fraction of sp³-hybridized carbons (Fsp3) is 0.571. The van der Waals surface area contributed by atoms with Gasteiger partial charge in [-0.1, -0.05) is 26.0 Å². The summed E-state index contributed by atoms with van der Waals surface area (Å²) in [5, 5.41) is 23.9. The van der Waals surface area contributed by atoms with Crippen LogP contribution >= 0.6 is 0 Å². The lowest BCUT2D eigenvalue weighted by Crippen LogP contribution is -2.55. The molecule has 0 fully saturated rings. The van der Waals surface area contributed by atoms with Crippen molar-refractivity contribution < 1.29 is 24.6 Å². The van der Waals surface area contributed by atoms with Gasteiger partial charge in [-0.3, -0.25) is 9.59 Å². The molecule has 9 heteroatoms. The standard InChI is InChI=1S/C21H34N4O5/c1-13(2)11-18(21(29)30)25-20(28)17(5-3-4-10-22)24-19(27)16(23)12-14-6-8-15(26)9-7-14/h6-9,13,16-18,26H,3-5,10-12,22-23H2,1-2H3,(H,24,27)(H,25,28)(H,29,30). The number of rotatable bonds is 13. The Morgan fingerprint density at radius 3 is 2.13 bits per heavy atom. The smallest absolute Gasteiger partial charge is 0.326 e. The van der Waals surface area contributed by atoms with Gasteiger partial charge in [-0.05, 0) is 62.3 Å². The number of hydrogen-bond acceptors (Lipinski definition) is 6. The molecule has 1 rings (SSSR count). The van der Waals surface area contributed by atoms with Gasteiger partial charge in [-0.25, -0.2) is 4.79 Å². The third-order valence-electron chi connectivity index (χ3n) is 4.63. The van der Waals surface area contributed by atoms with Gasteiger partial charge in [0, 0.05) is 0 Å². The Kier molecular flexibility index (Phi) is 10.8. The molecule has 0 bridgehead atoms. The van der Waals surface area contributed by atoms with E-state index in [1.807, 2.05) is 13.8 Å². The highest BCUT2D eigenvalue weighted by Crippen LogP contribution is 2.11. The number of aromatic hydroxyl groups is 1. The minimum absolute atomic E-state index is 0.0791. The molecule has 2 amide bonds. The van der Waals surface area contributed by atoms with Crippen molar-refractivity contribution in [3.05, 3.63) is 29.8 Å². The van der Waals surface area contributed by atoms with Crippen LogP contribution in [0.1, 0.15) is 45.1 Å². The summed E-state index contributed by atoms with van der Waals surface area (Å²) in [4.78, 5) is 36.7. The quantitative estimate of drug-likeness (QED) is 0.251. The Hall–Kier alpha value is -2.65. The molecular formula is C21H34N4O5. The highest BCUT2D eigenvalue weighted by molar-refractivity contribution is 5.91. The number of carboxylic acids is 1. The molecule has 1 aromatic carbocycles. The lowest BCUT2D eigenvalue weighted by atomic mass is 10.0. The van der Waals surface area contributed by atoms with Gasteiger partial charge >= 0.3 is 5.97 Å². The predicted octanol–water partition coefficient (Wildman–Crippen LogP) is 0.491. The van der Waals surface area contributed by atoms with Crippen LogP contribution in [0.25, 0.3) is 0 Å². The molecule has 0 heterocycles. The Morgan fingerprint density at radius 2 is 1.60 bits per heavy atom. The molecule has 0 aliphatic heterocycles. The zero-order valence-corrected chi connectivity index (χ0v) is 17.6. The average Bonchev–Trinajstić information content (AvgIpc) is 2.67. The zero-order chi connectivity index (χ0) is 22.7. The second-order valence-electron chi connectivity index (χ2n) is 7.85. The Morgan fingerprint density at radius 1 is 1.00 bits per heavy atom. The molecule has 30 heavy (non-hydrogen) atoms. The third kappa shape index (κ3) is 9.23. The van der Waals surface area contributed by atoms with Gasteiger partial charge in [0.05, 0.1) is 6.04 Å². The Balaban J connectivity index is 2.79. The number of carboxylic acid groups (broad SMARTS) is 1. The van der Waals surface area contributed by atoms with E-state index in [1.54, 1.807) is 12.1 Å². The van der Waals surface area contributed by atoms with Gasteiger partial charge in [-0.2, -0.15) is 0 Å².